The van der Waals surface area contributed by atoms with Crippen LogP contribution in [0.2, 0.25) is 0 Å². The van der Waals surface area contributed by atoms with E-state index in [4.69, 9.17) is 4.74 Å². The first-order chi connectivity index (χ1) is 12.8. The zero-order valence-corrected chi connectivity index (χ0v) is 18.6. The number of alkyl halides is 1. The van der Waals surface area contributed by atoms with E-state index in [1.165, 1.54) is 51.4 Å². The summed E-state index contributed by atoms with van der Waals surface area (Å²) in [6, 6.07) is 0. The molecular weight excluding hydrogens is 388 g/mol. The SMILES string of the molecule is CCCCC/C=C\C/C=C\CCCCCCCC(=O)OCCCCCBr. The van der Waals surface area contributed by atoms with Crippen LogP contribution in [0.3, 0.4) is 0 Å². The van der Waals surface area contributed by atoms with Gasteiger partial charge >= 0.3 is 5.97 Å². The van der Waals surface area contributed by atoms with Crippen LogP contribution in [-0.4, -0.2) is 17.9 Å². The molecule has 152 valence electrons. The minimum atomic E-state index is -0.0190. The third kappa shape index (κ3) is 21.5. The van der Waals surface area contributed by atoms with Crippen LogP contribution in [0.25, 0.3) is 0 Å². The van der Waals surface area contributed by atoms with Gasteiger partial charge in [0.15, 0.2) is 0 Å². The number of unbranched alkanes of at least 4 members (excludes halogenated alkanes) is 10. The monoisotopic (exact) mass is 428 g/mol. The van der Waals surface area contributed by atoms with E-state index in [2.05, 4.69) is 47.2 Å². The first-order valence-corrected chi connectivity index (χ1v) is 11.9. The molecule has 0 aromatic rings. The van der Waals surface area contributed by atoms with Gasteiger partial charge in [-0.3, -0.25) is 4.79 Å². The van der Waals surface area contributed by atoms with Crippen molar-refractivity contribution < 1.29 is 9.53 Å². The molecule has 0 atom stereocenters. The van der Waals surface area contributed by atoms with Gasteiger partial charge in [-0.2, -0.15) is 0 Å². The molecule has 0 N–H and O–H groups in total. The summed E-state index contributed by atoms with van der Waals surface area (Å²) in [6.45, 7) is 2.84. The third-order valence-corrected chi connectivity index (χ3v) is 4.93. The lowest BCUT2D eigenvalue weighted by Crippen LogP contribution is -2.05. The van der Waals surface area contributed by atoms with Crippen LogP contribution in [0.4, 0.5) is 0 Å². The van der Waals surface area contributed by atoms with Crippen molar-refractivity contribution in [2.24, 2.45) is 0 Å². The van der Waals surface area contributed by atoms with E-state index in [9.17, 15) is 4.79 Å². The van der Waals surface area contributed by atoms with Gasteiger partial charge in [-0.1, -0.05) is 79.3 Å². The second-order valence-electron chi connectivity index (χ2n) is 6.95. The third-order valence-electron chi connectivity index (χ3n) is 4.37. The highest BCUT2D eigenvalue weighted by Gasteiger charge is 2.02. The van der Waals surface area contributed by atoms with Crippen LogP contribution in [0.1, 0.15) is 103 Å². The number of hydrogen-bond donors (Lipinski definition) is 0. The molecule has 0 amide bonds. The zero-order valence-electron chi connectivity index (χ0n) is 17.0. The zero-order chi connectivity index (χ0) is 19.1. The lowest BCUT2D eigenvalue weighted by Gasteiger charge is -2.04. The van der Waals surface area contributed by atoms with E-state index in [1.54, 1.807) is 0 Å². The Hall–Kier alpha value is -0.570. The molecule has 26 heavy (non-hydrogen) atoms. The van der Waals surface area contributed by atoms with Gasteiger partial charge in [0, 0.05) is 11.8 Å². The van der Waals surface area contributed by atoms with Gasteiger partial charge in [0.1, 0.15) is 0 Å². The van der Waals surface area contributed by atoms with Gasteiger partial charge < -0.3 is 4.74 Å². The number of allylic oxidation sites excluding steroid dienone is 4. The highest BCUT2D eigenvalue weighted by Crippen LogP contribution is 2.09. The predicted molar refractivity (Wildman–Crippen MR) is 118 cm³/mol. The number of rotatable bonds is 19. The molecule has 0 heterocycles. The van der Waals surface area contributed by atoms with Crippen LogP contribution in [-0.2, 0) is 9.53 Å². The van der Waals surface area contributed by atoms with E-state index in [-0.39, 0.29) is 5.97 Å². The highest BCUT2D eigenvalue weighted by molar-refractivity contribution is 9.09. The average molecular weight is 429 g/mol. The second kappa shape index (κ2) is 22.5. The van der Waals surface area contributed by atoms with Crippen molar-refractivity contribution in [1.29, 1.82) is 0 Å². The van der Waals surface area contributed by atoms with Crippen molar-refractivity contribution in [2.45, 2.75) is 103 Å². The molecular formula is C23H41BrO2. The number of ether oxygens (including phenoxy) is 1. The topological polar surface area (TPSA) is 26.3 Å². The number of hydrogen-bond acceptors (Lipinski definition) is 2. The molecule has 0 spiro atoms. The fraction of sp³-hybridized carbons (Fsp3) is 0.783. The maximum absolute atomic E-state index is 11.6. The summed E-state index contributed by atoms with van der Waals surface area (Å²) in [5.41, 5.74) is 0. The number of carbonyl (C=O) groups excluding carboxylic acids is 1. The minimum absolute atomic E-state index is 0.0190. The van der Waals surface area contributed by atoms with E-state index in [0.717, 1.165) is 43.9 Å². The van der Waals surface area contributed by atoms with Gasteiger partial charge in [-0.15, -0.1) is 0 Å². The molecule has 2 nitrogen and oxygen atoms in total. The molecule has 0 rings (SSSR count). The van der Waals surface area contributed by atoms with Crippen molar-refractivity contribution in [3.05, 3.63) is 24.3 Å². The summed E-state index contributed by atoms with van der Waals surface area (Å²) in [5, 5.41) is 1.03. The van der Waals surface area contributed by atoms with Gasteiger partial charge in [0.05, 0.1) is 6.61 Å². The molecule has 0 aliphatic carbocycles. The van der Waals surface area contributed by atoms with E-state index >= 15 is 0 Å². The molecule has 0 saturated heterocycles. The summed E-state index contributed by atoms with van der Waals surface area (Å²) in [7, 11) is 0. The van der Waals surface area contributed by atoms with Gasteiger partial charge in [0.25, 0.3) is 0 Å². The molecule has 0 fully saturated rings. The summed E-state index contributed by atoms with van der Waals surface area (Å²) in [4.78, 5) is 11.6. The van der Waals surface area contributed by atoms with Crippen LogP contribution >= 0.6 is 15.9 Å². The summed E-state index contributed by atoms with van der Waals surface area (Å²) in [6.07, 6.45) is 26.4. The van der Waals surface area contributed by atoms with Crippen LogP contribution < -0.4 is 0 Å². The Morgan fingerprint density at radius 3 is 2.08 bits per heavy atom. The molecule has 0 radical (unpaired) electrons. The van der Waals surface area contributed by atoms with E-state index in [1.807, 2.05) is 0 Å². The number of halogens is 1. The van der Waals surface area contributed by atoms with Crippen molar-refractivity contribution in [3.63, 3.8) is 0 Å². The Balaban J connectivity index is 3.25. The molecule has 0 aliphatic rings. The number of carbonyl (C=O) groups is 1. The van der Waals surface area contributed by atoms with Gasteiger partial charge in [0.2, 0.25) is 0 Å². The van der Waals surface area contributed by atoms with Crippen LogP contribution in [0.15, 0.2) is 24.3 Å². The quantitative estimate of drug-likeness (QED) is 0.0902. The maximum Gasteiger partial charge on any atom is 0.305 e. The Kier molecular flexibility index (Phi) is 22.0. The summed E-state index contributed by atoms with van der Waals surface area (Å²) >= 11 is 3.40. The average Bonchev–Trinajstić information content (AvgIpc) is 2.64. The highest BCUT2D eigenvalue weighted by atomic mass is 79.9. The molecule has 0 aliphatic heterocycles. The molecule has 0 unspecified atom stereocenters. The second-order valence-corrected chi connectivity index (χ2v) is 7.74. The van der Waals surface area contributed by atoms with Crippen LogP contribution in [0.5, 0.6) is 0 Å². The Morgan fingerprint density at radius 2 is 1.38 bits per heavy atom. The molecule has 0 aromatic heterocycles. The fourth-order valence-corrected chi connectivity index (χ4v) is 3.11. The van der Waals surface area contributed by atoms with E-state index in [0.29, 0.717) is 13.0 Å². The Bertz CT molecular complexity index is 350. The normalized spacial score (nSPS) is 11.6. The minimum Gasteiger partial charge on any atom is -0.466 e. The van der Waals surface area contributed by atoms with Gasteiger partial charge in [-0.05, 0) is 57.8 Å². The first kappa shape index (κ1) is 25.4. The fourth-order valence-electron chi connectivity index (χ4n) is 2.71. The molecule has 0 aromatic carbocycles. The number of esters is 1. The lowest BCUT2D eigenvalue weighted by molar-refractivity contribution is -0.143. The predicted octanol–water partition coefficient (Wildman–Crippen LogP) is 7.91. The van der Waals surface area contributed by atoms with Crippen molar-refractivity contribution in [2.75, 3.05) is 11.9 Å². The standard InChI is InChI=1S/C23H41BrO2/c1-2-3-4-5-6-7-8-9-10-11-12-13-14-15-17-20-23(25)26-22-19-16-18-21-24/h6-7,9-10H,2-5,8,11-22H2,1H3/b7-6-,10-9-. The first-order valence-electron chi connectivity index (χ1n) is 10.8. The summed E-state index contributed by atoms with van der Waals surface area (Å²) < 4.78 is 5.24. The van der Waals surface area contributed by atoms with Crippen molar-refractivity contribution in [3.8, 4) is 0 Å². The summed E-state index contributed by atoms with van der Waals surface area (Å²) in [5.74, 6) is -0.0190. The smallest absolute Gasteiger partial charge is 0.305 e. The van der Waals surface area contributed by atoms with Crippen molar-refractivity contribution >= 4 is 21.9 Å². The van der Waals surface area contributed by atoms with E-state index < -0.39 is 0 Å². The van der Waals surface area contributed by atoms with Crippen molar-refractivity contribution in [1.82, 2.24) is 0 Å². The Labute approximate surface area is 171 Å². The Morgan fingerprint density at radius 1 is 0.769 bits per heavy atom. The van der Waals surface area contributed by atoms with Gasteiger partial charge in [-0.25, -0.2) is 0 Å². The maximum atomic E-state index is 11.6. The molecule has 0 bridgehead atoms. The largest absolute Gasteiger partial charge is 0.466 e. The molecule has 3 heteroatoms. The molecule has 0 saturated carbocycles. The van der Waals surface area contributed by atoms with Crippen LogP contribution in [0, 0.1) is 0 Å². The lowest BCUT2D eigenvalue weighted by atomic mass is 10.1.